The molecule has 0 saturated carbocycles. The highest BCUT2D eigenvalue weighted by molar-refractivity contribution is 6.00. The third-order valence-corrected chi connectivity index (χ3v) is 5.34. The van der Waals surface area contributed by atoms with E-state index in [1.165, 1.54) is 0 Å². The van der Waals surface area contributed by atoms with E-state index >= 15 is 0 Å². The van der Waals surface area contributed by atoms with E-state index in [2.05, 4.69) is 28.7 Å². The molecule has 4 aromatic rings. The lowest BCUT2D eigenvalue weighted by molar-refractivity contribution is 0.0955. The summed E-state index contributed by atoms with van der Waals surface area (Å²) in [5.41, 5.74) is 8.24. The van der Waals surface area contributed by atoms with E-state index in [-0.39, 0.29) is 5.91 Å². The summed E-state index contributed by atoms with van der Waals surface area (Å²) < 4.78 is 6.08. The van der Waals surface area contributed by atoms with E-state index in [9.17, 15) is 4.79 Å². The van der Waals surface area contributed by atoms with Crippen LogP contribution >= 0.6 is 0 Å². The molecule has 0 radical (unpaired) electrons. The Morgan fingerprint density at radius 1 is 0.853 bits per heavy atom. The van der Waals surface area contributed by atoms with Crippen molar-refractivity contribution in [1.82, 2.24) is 5.43 Å². The van der Waals surface area contributed by atoms with Crippen LogP contribution in [0.3, 0.4) is 0 Å². The van der Waals surface area contributed by atoms with Gasteiger partial charge in [-0.2, -0.15) is 10.4 Å². The molecule has 4 aromatic carbocycles. The molecule has 0 fully saturated rings. The van der Waals surface area contributed by atoms with Crippen molar-refractivity contribution in [2.45, 2.75) is 13.5 Å². The second-order valence-electron chi connectivity index (χ2n) is 7.68. The van der Waals surface area contributed by atoms with Gasteiger partial charge in [-0.15, -0.1) is 0 Å². The highest BCUT2D eigenvalue weighted by Crippen LogP contribution is 2.30. The lowest BCUT2D eigenvalue weighted by Crippen LogP contribution is -2.19. The first-order valence-corrected chi connectivity index (χ1v) is 10.9. The summed E-state index contributed by atoms with van der Waals surface area (Å²) in [6, 6.07) is 34.4. The maximum atomic E-state index is 12.5. The van der Waals surface area contributed by atoms with Gasteiger partial charge in [0.25, 0.3) is 5.91 Å². The monoisotopic (exact) mass is 445 g/mol. The topological polar surface area (TPSA) is 74.5 Å². The van der Waals surface area contributed by atoms with E-state index in [1.54, 1.807) is 43.3 Å². The summed E-state index contributed by atoms with van der Waals surface area (Å²) in [5.74, 6) is 0.512. The van der Waals surface area contributed by atoms with Gasteiger partial charge in [-0.1, -0.05) is 72.8 Å². The van der Waals surface area contributed by atoms with Gasteiger partial charge in [0, 0.05) is 11.1 Å². The predicted molar refractivity (Wildman–Crippen MR) is 133 cm³/mol. The number of benzene rings is 4. The molecule has 0 atom stereocenters. The number of hydrogen-bond acceptors (Lipinski definition) is 4. The smallest absolute Gasteiger partial charge is 0.271 e. The number of nitriles is 1. The third kappa shape index (κ3) is 5.56. The maximum absolute atomic E-state index is 12.5. The van der Waals surface area contributed by atoms with Crippen LogP contribution in [0.4, 0.5) is 0 Å². The van der Waals surface area contributed by atoms with Gasteiger partial charge in [-0.25, -0.2) is 5.43 Å². The Balaban J connectivity index is 1.37. The van der Waals surface area contributed by atoms with Crippen LogP contribution in [0.5, 0.6) is 5.75 Å². The first kappa shape index (κ1) is 22.5. The van der Waals surface area contributed by atoms with Crippen molar-refractivity contribution < 1.29 is 9.53 Å². The lowest BCUT2D eigenvalue weighted by atomic mass is 10.0. The van der Waals surface area contributed by atoms with Crippen LogP contribution < -0.4 is 10.2 Å². The molecule has 0 heterocycles. The normalized spacial score (nSPS) is 10.9. The van der Waals surface area contributed by atoms with Crippen molar-refractivity contribution in [2.24, 2.45) is 5.10 Å². The SMILES string of the molecule is CC(=NNC(=O)c1ccc(COc2ccccc2-c2ccccc2)cc1)c1ccc(C#N)cc1. The highest BCUT2D eigenvalue weighted by Gasteiger charge is 2.08. The van der Waals surface area contributed by atoms with E-state index in [0.717, 1.165) is 28.0 Å². The van der Waals surface area contributed by atoms with Gasteiger partial charge in [0.05, 0.1) is 17.3 Å². The van der Waals surface area contributed by atoms with Gasteiger partial charge < -0.3 is 4.74 Å². The first-order valence-electron chi connectivity index (χ1n) is 10.9. The Bertz CT molecular complexity index is 1340. The van der Waals surface area contributed by atoms with Crippen LogP contribution in [0.2, 0.25) is 0 Å². The first-order chi connectivity index (χ1) is 16.6. The van der Waals surface area contributed by atoms with E-state index in [0.29, 0.717) is 23.4 Å². The van der Waals surface area contributed by atoms with Crippen molar-refractivity contribution in [3.63, 3.8) is 0 Å². The molecule has 0 aliphatic rings. The average molecular weight is 446 g/mol. The number of carbonyl (C=O) groups is 1. The molecule has 0 aromatic heterocycles. The minimum Gasteiger partial charge on any atom is -0.488 e. The Morgan fingerprint density at radius 3 is 2.21 bits per heavy atom. The molecule has 0 spiro atoms. The molecule has 5 heteroatoms. The molecular formula is C29H23N3O2. The molecule has 0 saturated heterocycles. The van der Waals surface area contributed by atoms with Gasteiger partial charge in [0.1, 0.15) is 12.4 Å². The van der Waals surface area contributed by atoms with Gasteiger partial charge in [0.15, 0.2) is 0 Å². The molecule has 5 nitrogen and oxygen atoms in total. The van der Waals surface area contributed by atoms with Crippen molar-refractivity contribution in [3.05, 3.63) is 125 Å². The summed E-state index contributed by atoms with van der Waals surface area (Å²) in [4.78, 5) is 12.5. The van der Waals surface area contributed by atoms with Crippen molar-refractivity contribution in [3.8, 4) is 22.9 Å². The number of ether oxygens (including phenoxy) is 1. The quantitative estimate of drug-likeness (QED) is 0.282. The number of nitrogens with one attached hydrogen (secondary N) is 1. The number of para-hydroxylation sites is 1. The standard InChI is InChI=1S/C29H23N3O2/c1-21(24-15-11-22(19-30)12-16-24)31-32-29(33)26-17-13-23(14-18-26)20-34-28-10-6-5-9-27(28)25-7-3-2-4-8-25/h2-18H,20H2,1H3,(H,32,33). The molecule has 34 heavy (non-hydrogen) atoms. The number of carbonyl (C=O) groups excluding carboxylic acids is 1. The van der Waals surface area contributed by atoms with Crippen LogP contribution in [0.25, 0.3) is 11.1 Å². The molecule has 0 aliphatic heterocycles. The van der Waals surface area contributed by atoms with Gasteiger partial charge in [-0.3, -0.25) is 4.79 Å². The Kier molecular flexibility index (Phi) is 7.12. The van der Waals surface area contributed by atoms with Crippen LogP contribution in [0.15, 0.2) is 108 Å². The third-order valence-electron chi connectivity index (χ3n) is 5.34. The summed E-state index contributed by atoms with van der Waals surface area (Å²) >= 11 is 0. The zero-order valence-electron chi connectivity index (χ0n) is 18.7. The summed E-state index contributed by atoms with van der Waals surface area (Å²) in [5, 5.41) is 13.1. The van der Waals surface area contributed by atoms with Crippen LogP contribution in [-0.4, -0.2) is 11.6 Å². The Hall–Kier alpha value is -4.69. The van der Waals surface area contributed by atoms with Gasteiger partial charge in [0.2, 0.25) is 0 Å². The molecule has 0 bridgehead atoms. The van der Waals surface area contributed by atoms with Gasteiger partial charge >= 0.3 is 0 Å². The number of amides is 1. The summed E-state index contributed by atoms with van der Waals surface area (Å²) in [7, 11) is 0. The van der Waals surface area contributed by atoms with Crippen molar-refractivity contribution in [1.29, 1.82) is 5.26 Å². The fraction of sp³-hybridized carbons (Fsp3) is 0.0690. The number of nitrogens with zero attached hydrogens (tertiary/aromatic N) is 2. The maximum Gasteiger partial charge on any atom is 0.271 e. The zero-order valence-corrected chi connectivity index (χ0v) is 18.7. The van der Waals surface area contributed by atoms with E-state index in [1.807, 2.05) is 54.6 Å². The number of hydrazone groups is 1. The van der Waals surface area contributed by atoms with Crippen molar-refractivity contribution >= 4 is 11.6 Å². The molecule has 0 unspecified atom stereocenters. The predicted octanol–water partition coefficient (Wildman–Crippen LogP) is 5.96. The molecule has 0 aliphatic carbocycles. The minimum atomic E-state index is -0.296. The molecule has 166 valence electrons. The lowest BCUT2D eigenvalue weighted by Gasteiger charge is -2.12. The molecule has 4 rings (SSSR count). The zero-order chi connectivity index (χ0) is 23.8. The Labute approximate surface area is 199 Å². The summed E-state index contributed by atoms with van der Waals surface area (Å²) in [6.45, 7) is 2.19. The Morgan fingerprint density at radius 2 is 1.50 bits per heavy atom. The second kappa shape index (κ2) is 10.8. The van der Waals surface area contributed by atoms with Crippen LogP contribution in [-0.2, 0) is 6.61 Å². The largest absolute Gasteiger partial charge is 0.488 e. The van der Waals surface area contributed by atoms with E-state index in [4.69, 9.17) is 10.00 Å². The van der Waals surface area contributed by atoms with E-state index < -0.39 is 0 Å². The fourth-order valence-corrected chi connectivity index (χ4v) is 3.41. The van der Waals surface area contributed by atoms with Crippen LogP contribution in [0.1, 0.15) is 34.0 Å². The van der Waals surface area contributed by atoms with Gasteiger partial charge in [-0.05, 0) is 53.9 Å². The minimum absolute atomic E-state index is 0.296. The average Bonchev–Trinajstić information content (AvgIpc) is 2.91. The molecular weight excluding hydrogens is 422 g/mol. The highest BCUT2D eigenvalue weighted by atomic mass is 16.5. The summed E-state index contributed by atoms with van der Waals surface area (Å²) in [6.07, 6.45) is 0. The molecule has 1 N–H and O–H groups in total. The molecule has 1 amide bonds. The van der Waals surface area contributed by atoms with Crippen molar-refractivity contribution in [2.75, 3.05) is 0 Å². The second-order valence-corrected chi connectivity index (χ2v) is 7.68. The fourth-order valence-electron chi connectivity index (χ4n) is 3.41. The number of hydrogen-bond donors (Lipinski definition) is 1. The number of rotatable bonds is 7. The van der Waals surface area contributed by atoms with Crippen LogP contribution in [0, 0.1) is 11.3 Å².